The molecular formula is C14H29N. The van der Waals surface area contributed by atoms with Crippen molar-refractivity contribution >= 4 is 0 Å². The minimum Gasteiger partial charge on any atom is -0.325 e. The molecule has 0 bridgehead atoms. The van der Waals surface area contributed by atoms with E-state index >= 15 is 0 Å². The van der Waals surface area contributed by atoms with E-state index in [-0.39, 0.29) is 5.54 Å². The fourth-order valence-electron chi connectivity index (χ4n) is 3.02. The van der Waals surface area contributed by atoms with Crippen LogP contribution in [-0.2, 0) is 0 Å². The number of nitrogens with two attached hydrogens (primary N) is 1. The number of hydrogen-bond acceptors (Lipinski definition) is 1. The normalized spacial score (nSPS) is 32.2. The van der Waals surface area contributed by atoms with Crippen LogP contribution < -0.4 is 5.73 Å². The number of hydrogen-bond donors (Lipinski definition) is 1. The van der Waals surface area contributed by atoms with Gasteiger partial charge in [0.05, 0.1) is 0 Å². The van der Waals surface area contributed by atoms with Crippen molar-refractivity contribution in [2.24, 2.45) is 17.6 Å². The van der Waals surface area contributed by atoms with E-state index in [1.165, 1.54) is 51.4 Å². The summed E-state index contributed by atoms with van der Waals surface area (Å²) in [5.41, 5.74) is 6.71. The predicted molar refractivity (Wildman–Crippen MR) is 67.9 cm³/mol. The van der Waals surface area contributed by atoms with Crippen molar-refractivity contribution in [2.75, 3.05) is 0 Å². The van der Waals surface area contributed by atoms with Gasteiger partial charge in [-0.2, -0.15) is 0 Å². The van der Waals surface area contributed by atoms with E-state index in [0.29, 0.717) is 0 Å². The van der Waals surface area contributed by atoms with Crippen LogP contribution >= 0.6 is 0 Å². The summed E-state index contributed by atoms with van der Waals surface area (Å²) in [5.74, 6) is 1.82. The third-order valence-corrected chi connectivity index (χ3v) is 4.53. The van der Waals surface area contributed by atoms with Crippen LogP contribution in [0, 0.1) is 11.8 Å². The molecule has 2 N–H and O–H groups in total. The topological polar surface area (TPSA) is 26.0 Å². The SMILES string of the molecule is CCC1CCC(N)(CC(CC)CC)CC1. The van der Waals surface area contributed by atoms with Gasteiger partial charge in [-0.3, -0.25) is 0 Å². The average molecular weight is 211 g/mol. The fraction of sp³-hybridized carbons (Fsp3) is 1.00. The van der Waals surface area contributed by atoms with Gasteiger partial charge in [0.1, 0.15) is 0 Å². The van der Waals surface area contributed by atoms with Gasteiger partial charge in [0, 0.05) is 5.54 Å². The van der Waals surface area contributed by atoms with Crippen LogP contribution in [0.15, 0.2) is 0 Å². The minimum absolute atomic E-state index is 0.183. The first-order valence-corrected chi connectivity index (χ1v) is 6.92. The van der Waals surface area contributed by atoms with Crippen molar-refractivity contribution in [3.8, 4) is 0 Å². The molecule has 0 heterocycles. The average Bonchev–Trinajstić information content (AvgIpc) is 2.27. The summed E-state index contributed by atoms with van der Waals surface area (Å²) in [6.07, 6.45) is 10.5. The van der Waals surface area contributed by atoms with Gasteiger partial charge in [0.15, 0.2) is 0 Å². The van der Waals surface area contributed by atoms with Crippen molar-refractivity contribution in [2.45, 2.75) is 77.7 Å². The van der Waals surface area contributed by atoms with E-state index in [9.17, 15) is 0 Å². The van der Waals surface area contributed by atoms with Gasteiger partial charge in [-0.15, -0.1) is 0 Å². The Bertz CT molecular complexity index is 164. The Morgan fingerprint density at radius 3 is 2.07 bits per heavy atom. The van der Waals surface area contributed by atoms with Crippen molar-refractivity contribution in [1.82, 2.24) is 0 Å². The van der Waals surface area contributed by atoms with Crippen LogP contribution in [0.5, 0.6) is 0 Å². The van der Waals surface area contributed by atoms with Crippen molar-refractivity contribution < 1.29 is 0 Å². The second-order valence-corrected chi connectivity index (χ2v) is 5.60. The summed E-state index contributed by atoms with van der Waals surface area (Å²) in [5, 5.41) is 0. The van der Waals surface area contributed by atoms with Crippen LogP contribution in [0.1, 0.15) is 72.1 Å². The highest BCUT2D eigenvalue weighted by Gasteiger charge is 2.32. The predicted octanol–water partition coefficient (Wildman–Crippen LogP) is 4.11. The summed E-state index contributed by atoms with van der Waals surface area (Å²) < 4.78 is 0. The third kappa shape index (κ3) is 3.79. The Kier molecular flexibility index (Phi) is 5.11. The lowest BCUT2D eigenvalue weighted by Crippen LogP contribution is -2.44. The van der Waals surface area contributed by atoms with Gasteiger partial charge in [0.2, 0.25) is 0 Å². The summed E-state index contributed by atoms with van der Waals surface area (Å²) in [6.45, 7) is 6.92. The smallest absolute Gasteiger partial charge is 0.0157 e. The lowest BCUT2D eigenvalue weighted by Gasteiger charge is -2.39. The van der Waals surface area contributed by atoms with Gasteiger partial charge >= 0.3 is 0 Å². The van der Waals surface area contributed by atoms with Crippen LogP contribution in [0.3, 0.4) is 0 Å². The quantitative estimate of drug-likeness (QED) is 0.727. The van der Waals surface area contributed by atoms with Crippen LogP contribution in [0.2, 0.25) is 0 Å². The maximum Gasteiger partial charge on any atom is 0.0157 e. The molecule has 0 radical (unpaired) electrons. The first-order valence-electron chi connectivity index (χ1n) is 6.92. The zero-order valence-corrected chi connectivity index (χ0v) is 10.9. The first-order chi connectivity index (χ1) is 7.13. The zero-order valence-electron chi connectivity index (χ0n) is 10.9. The van der Waals surface area contributed by atoms with E-state index in [1.807, 2.05) is 0 Å². The van der Waals surface area contributed by atoms with Crippen LogP contribution in [0.4, 0.5) is 0 Å². The first kappa shape index (κ1) is 13.0. The zero-order chi connectivity index (χ0) is 11.3. The molecule has 0 unspecified atom stereocenters. The molecular weight excluding hydrogens is 182 g/mol. The second-order valence-electron chi connectivity index (χ2n) is 5.60. The molecule has 0 atom stereocenters. The maximum atomic E-state index is 6.53. The summed E-state index contributed by atoms with van der Waals surface area (Å²) in [4.78, 5) is 0. The van der Waals surface area contributed by atoms with Gasteiger partial charge in [-0.1, -0.05) is 40.0 Å². The Morgan fingerprint density at radius 1 is 1.13 bits per heavy atom. The Hall–Kier alpha value is -0.0400. The van der Waals surface area contributed by atoms with E-state index in [4.69, 9.17) is 5.73 Å². The van der Waals surface area contributed by atoms with Crippen molar-refractivity contribution in [3.05, 3.63) is 0 Å². The van der Waals surface area contributed by atoms with E-state index < -0.39 is 0 Å². The molecule has 90 valence electrons. The molecule has 0 saturated heterocycles. The van der Waals surface area contributed by atoms with E-state index in [1.54, 1.807) is 0 Å². The van der Waals surface area contributed by atoms with Crippen LogP contribution in [0.25, 0.3) is 0 Å². The molecule has 1 aliphatic rings. The summed E-state index contributed by atoms with van der Waals surface area (Å²) in [7, 11) is 0. The molecule has 15 heavy (non-hydrogen) atoms. The highest BCUT2D eigenvalue weighted by molar-refractivity contribution is 4.90. The standard InChI is InChI=1S/C14H29N/c1-4-12(5-2)11-14(15)9-7-13(6-3)8-10-14/h12-13H,4-11,15H2,1-3H3. The second kappa shape index (κ2) is 5.89. The molecule has 0 aliphatic heterocycles. The molecule has 0 spiro atoms. The molecule has 1 rings (SSSR count). The third-order valence-electron chi connectivity index (χ3n) is 4.53. The monoisotopic (exact) mass is 211 g/mol. The molecule has 0 aromatic heterocycles. The van der Waals surface area contributed by atoms with Crippen LogP contribution in [-0.4, -0.2) is 5.54 Å². The van der Waals surface area contributed by atoms with Gasteiger partial charge < -0.3 is 5.73 Å². The highest BCUT2D eigenvalue weighted by atomic mass is 14.7. The highest BCUT2D eigenvalue weighted by Crippen LogP contribution is 2.36. The summed E-state index contributed by atoms with van der Waals surface area (Å²) in [6, 6.07) is 0. The lowest BCUT2D eigenvalue weighted by molar-refractivity contribution is 0.188. The Balaban J connectivity index is 2.40. The molecule has 0 aromatic rings. The summed E-state index contributed by atoms with van der Waals surface area (Å²) >= 11 is 0. The molecule has 1 aliphatic carbocycles. The molecule has 1 fully saturated rings. The molecule has 1 saturated carbocycles. The molecule has 1 heteroatoms. The minimum atomic E-state index is 0.183. The largest absolute Gasteiger partial charge is 0.325 e. The fourth-order valence-corrected chi connectivity index (χ4v) is 3.02. The molecule has 0 amide bonds. The van der Waals surface area contributed by atoms with Gasteiger partial charge in [0.25, 0.3) is 0 Å². The Morgan fingerprint density at radius 2 is 1.67 bits per heavy atom. The maximum absolute atomic E-state index is 6.53. The Labute approximate surface area is 95.8 Å². The lowest BCUT2D eigenvalue weighted by atomic mass is 9.71. The number of rotatable bonds is 5. The van der Waals surface area contributed by atoms with Crippen molar-refractivity contribution in [3.63, 3.8) is 0 Å². The van der Waals surface area contributed by atoms with Gasteiger partial charge in [-0.05, 0) is 43.9 Å². The molecule has 1 nitrogen and oxygen atoms in total. The van der Waals surface area contributed by atoms with Gasteiger partial charge in [-0.25, -0.2) is 0 Å². The van der Waals surface area contributed by atoms with Crippen molar-refractivity contribution in [1.29, 1.82) is 0 Å². The van der Waals surface area contributed by atoms with E-state index in [2.05, 4.69) is 20.8 Å². The molecule has 0 aromatic carbocycles. The van der Waals surface area contributed by atoms with E-state index in [0.717, 1.165) is 11.8 Å².